The van der Waals surface area contributed by atoms with E-state index in [-0.39, 0.29) is 0 Å². The maximum atomic E-state index is 5.74. The SMILES string of the molecule is CCCOc1ccc(-c2ccc(-c3ccc(-c4ccc(-c5ccc(OCCC)cc5)s4)c4nsnc34)s2)cc1. The van der Waals surface area contributed by atoms with Crippen molar-refractivity contribution in [1.82, 2.24) is 8.75 Å². The summed E-state index contributed by atoms with van der Waals surface area (Å²) in [5.41, 5.74) is 6.55. The molecule has 4 nitrogen and oxygen atoms in total. The number of thiophene rings is 2. The molecule has 0 fully saturated rings. The normalized spacial score (nSPS) is 11.2. The van der Waals surface area contributed by atoms with Crippen molar-refractivity contribution in [3.05, 3.63) is 84.9 Å². The predicted octanol–water partition coefficient (Wildman–Crippen LogP) is 10.1. The zero-order valence-electron chi connectivity index (χ0n) is 21.8. The summed E-state index contributed by atoms with van der Waals surface area (Å²) in [6, 6.07) is 29.8. The van der Waals surface area contributed by atoms with Crippen LogP contribution in [0.15, 0.2) is 84.9 Å². The highest BCUT2D eigenvalue weighted by Crippen LogP contribution is 2.42. The zero-order chi connectivity index (χ0) is 26.6. The van der Waals surface area contributed by atoms with Crippen LogP contribution in [0.5, 0.6) is 11.5 Å². The number of aromatic nitrogens is 2. The van der Waals surface area contributed by atoms with E-state index in [4.69, 9.17) is 18.2 Å². The van der Waals surface area contributed by atoms with Crippen LogP contribution in [0.3, 0.4) is 0 Å². The molecule has 0 N–H and O–H groups in total. The van der Waals surface area contributed by atoms with Crippen molar-refractivity contribution in [2.45, 2.75) is 26.7 Å². The van der Waals surface area contributed by atoms with E-state index in [0.717, 1.165) is 59.7 Å². The topological polar surface area (TPSA) is 44.2 Å². The maximum Gasteiger partial charge on any atom is 0.119 e. The Labute approximate surface area is 240 Å². The second-order valence-electron chi connectivity index (χ2n) is 9.20. The molecule has 0 bridgehead atoms. The van der Waals surface area contributed by atoms with Gasteiger partial charge in [0.25, 0.3) is 0 Å². The first-order valence-electron chi connectivity index (χ1n) is 13.2. The largest absolute Gasteiger partial charge is 0.494 e. The average molecular weight is 569 g/mol. The maximum absolute atomic E-state index is 5.74. The van der Waals surface area contributed by atoms with Crippen molar-refractivity contribution in [3.8, 4) is 53.3 Å². The van der Waals surface area contributed by atoms with Gasteiger partial charge in [-0.15, -0.1) is 22.7 Å². The van der Waals surface area contributed by atoms with Gasteiger partial charge in [-0.1, -0.05) is 26.0 Å². The minimum atomic E-state index is 0.741. The summed E-state index contributed by atoms with van der Waals surface area (Å²) < 4.78 is 20.9. The second-order valence-corrected chi connectivity index (χ2v) is 11.9. The van der Waals surface area contributed by atoms with Gasteiger partial charge in [0, 0.05) is 30.6 Å². The Morgan fingerprint density at radius 3 is 1.33 bits per heavy atom. The minimum Gasteiger partial charge on any atom is -0.494 e. The van der Waals surface area contributed by atoms with Gasteiger partial charge in [-0.2, -0.15) is 8.75 Å². The first kappa shape index (κ1) is 25.7. The Balaban J connectivity index is 1.26. The molecule has 6 aromatic rings. The summed E-state index contributed by atoms with van der Waals surface area (Å²) in [5.74, 6) is 1.83. The number of nitrogens with zero attached hydrogens (tertiary/aromatic N) is 2. The summed E-state index contributed by atoms with van der Waals surface area (Å²) in [6.07, 6.45) is 2.01. The number of benzene rings is 3. The number of ether oxygens (including phenoxy) is 2. The molecule has 3 heterocycles. The van der Waals surface area contributed by atoms with Gasteiger partial charge < -0.3 is 9.47 Å². The van der Waals surface area contributed by atoms with E-state index in [9.17, 15) is 0 Å². The molecule has 196 valence electrons. The molecule has 3 aromatic heterocycles. The van der Waals surface area contributed by atoms with Crippen LogP contribution in [-0.4, -0.2) is 22.0 Å². The molecule has 0 amide bonds. The van der Waals surface area contributed by atoms with Crippen LogP contribution >= 0.6 is 34.4 Å². The number of hydrogen-bond donors (Lipinski definition) is 0. The molecule has 0 saturated heterocycles. The number of fused-ring (bicyclic) bond motifs is 1. The highest BCUT2D eigenvalue weighted by molar-refractivity contribution is 7.19. The van der Waals surface area contributed by atoms with E-state index in [1.54, 1.807) is 22.7 Å². The molecule has 3 aromatic carbocycles. The lowest BCUT2D eigenvalue weighted by Gasteiger charge is -2.05. The van der Waals surface area contributed by atoms with Crippen LogP contribution in [0.25, 0.3) is 52.8 Å². The summed E-state index contributed by atoms with van der Waals surface area (Å²) in [6.45, 7) is 5.71. The summed E-state index contributed by atoms with van der Waals surface area (Å²) in [5, 5.41) is 0. The van der Waals surface area contributed by atoms with Gasteiger partial charge in [0.1, 0.15) is 22.5 Å². The van der Waals surface area contributed by atoms with Crippen LogP contribution in [0.4, 0.5) is 0 Å². The van der Waals surface area contributed by atoms with Gasteiger partial charge in [-0.05, 0) is 96.8 Å². The monoisotopic (exact) mass is 568 g/mol. The lowest BCUT2D eigenvalue weighted by atomic mass is 10.1. The van der Waals surface area contributed by atoms with Gasteiger partial charge >= 0.3 is 0 Å². The van der Waals surface area contributed by atoms with Gasteiger partial charge in [-0.25, -0.2) is 0 Å². The van der Waals surface area contributed by atoms with Crippen molar-refractivity contribution < 1.29 is 9.47 Å². The molecule has 0 saturated carbocycles. The lowest BCUT2D eigenvalue weighted by molar-refractivity contribution is 0.317. The van der Waals surface area contributed by atoms with Crippen LogP contribution in [0.2, 0.25) is 0 Å². The van der Waals surface area contributed by atoms with Crippen molar-refractivity contribution >= 4 is 45.4 Å². The first-order valence-corrected chi connectivity index (χ1v) is 15.5. The molecule has 0 unspecified atom stereocenters. The van der Waals surface area contributed by atoms with Crippen LogP contribution in [0.1, 0.15) is 26.7 Å². The van der Waals surface area contributed by atoms with E-state index in [1.165, 1.54) is 42.4 Å². The molecule has 0 aliphatic carbocycles. The molecule has 0 radical (unpaired) electrons. The van der Waals surface area contributed by atoms with E-state index >= 15 is 0 Å². The molecule has 0 aliphatic heterocycles. The fraction of sp³-hybridized carbons (Fsp3) is 0.188. The third kappa shape index (κ3) is 5.48. The van der Waals surface area contributed by atoms with E-state index in [1.807, 2.05) is 24.3 Å². The number of rotatable bonds is 10. The second kappa shape index (κ2) is 11.7. The van der Waals surface area contributed by atoms with Crippen LogP contribution < -0.4 is 9.47 Å². The first-order chi connectivity index (χ1) is 19.2. The van der Waals surface area contributed by atoms with Gasteiger partial charge in [0.15, 0.2) is 0 Å². The van der Waals surface area contributed by atoms with Gasteiger partial charge in [-0.3, -0.25) is 0 Å². The highest BCUT2D eigenvalue weighted by atomic mass is 32.1. The Morgan fingerprint density at radius 2 is 0.923 bits per heavy atom. The summed E-state index contributed by atoms with van der Waals surface area (Å²) in [4.78, 5) is 4.83. The fourth-order valence-electron chi connectivity index (χ4n) is 4.41. The molecular formula is C32H28N2O2S3. The summed E-state index contributed by atoms with van der Waals surface area (Å²) >= 11 is 4.83. The highest BCUT2D eigenvalue weighted by Gasteiger charge is 2.17. The smallest absolute Gasteiger partial charge is 0.119 e. The molecule has 39 heavy (non-hydrogen) atoms. The fourth-order valence-corrected chi connectivity index (χ4v) is 7.06. The lowest BCUT2D eigenvalue weighted by Crippen LogP contribution is -1.94. The Hall–Kier alpha value is -3.52. The van der Waals surface area contributed by atoms with Crippen molar-refractivity contribution in [3.63, 3.8) is 0 Å². The van der Waals surface area contributed by atoms with Gasteiger partial charge in [0.2, 0.25) is 0 Å². The van der Waals surface area contributed by atoms with Gasteiger partial charge in [0.05, 0.1) is 24.9 Å². The Bertz CT molecular complexity index is 1560. The average Bonchev–Trinajstić information content (AvgIpc) is 3.76. The Morgan fingerprint density at radius 1 is 0.513 bits per heavy atom. The standard InChI is InChI=1S/C32H28N2O2S3/c1-3-19-35-23-9-5-21(6-10-23)27-15-17-29(37-27)25-13-14-26(32-31(25)33-39-34-32)30-18-16-28(38-30)22-7-11-24(12-8-22)36-20-4-2/h5-18H,3-4,19-20H2,1-2H3. The van der Waals surface area contributed by atoms with Crippen LogP contribution in [-0.2, 0) is 0 Å². The quantitative estimate of drug-likeness (QED) is 0.165. The third-order valence-corrected chi connectivity index (χ3v) is 9.25. The molecule has 0 spiro atoms. The van der Waals surface area contributed by atoms with Crippen molar-refractivity contribution in [2.75, 3.05) is 13.2 Å². The third-order valence-electron chi connectivity index (χ3n) is 6.38. The molecular weight excluding hydrogens is 541 g/mol. The zero-order valence-corrected chi connectivity index (χ0v) is 24.3. The van der Waals surface area contributed by atoms with Crippen molar-refractivity contribution in [1.29, 1.82) is 0 Å². The summed E-state index contributed by atoms with van der Waals surface area (Å²) in [7, 11) is 0. The van der Waals surface area contributed by atoms with E-state index in [2.05, 4.69) is 74.5 Å². The molecule has 7 heteroatoms. The minimum absolute atomic E-state index is 0.741. The predicted molar refractivity (Wildman–Crippen MR) is 166 cm³/mol. The molecule has 6 rings (SSSR count). The van der Waals surface area contributed by atoms with E-state index < -0.39 is 0 Å². The van der Waals surface area contributed by atoms with E-state index in [0.29, 0.717) is 0 Å². The Kier molecular flexibility index (Phi) is 7.72. The number of hydrogen-bond acceptors (Lipinski definition) is 7. The van der Waals surface area contributed by atoms with Crippen molar-refractivity contribution in [2.24, 2.45) is 0 Å². The van der Waals surface area contributed by atoms with Crippen LogP contribution in [0, 0.1) is 0 Å². The molecule has 0 atom stereocenters. The molecule has 0 aliphatic rings.